The van der Waals surface area contributed by atoms with E-state index in [1.54, 1.807) is 11.3 Å². The third kappa shape index (κ3) is 4.39. The first kappa shape index (κ1) is 17.5. The average molecular weight is 365 g/mol. The van der Waals surface area contributed by atoms with Crippen LogP contribution in [-0.2, 0) is 17.8 Å². The Hall–Kier alpha value is -1.34. The lowest BCUT2D eigenvalue weighted by atomic mass is 10.2. The first-order valence-corrected chi connectivity index (χ1v) is 10.5. The second kappa shape index (κ2) is 8.16. The van der Waals surface area contributed by atoms with Crippen molar-refractivity contribution in [1.29, 1.82) is 0 Å². The van der Waals surface area contributed by atoms with Crippen molar-refractivity contribution in [2.24, 2.45) is 0 Å². The summed E-state index contributed by atoms with van der Waals surface area (Å²) in [5.41, 5.74) is 1.14. The van der Waals surface area contributed by atoms with Crippen LogP contribution in [0.4, 0.5) is 0 Å². The number of thiophene rings is 1. The molecule has 2 aromatic rings. The molecule has 24 heavy (non-hydrogen) atoms. The maximum Gasteiger partial charge on any atom is 0.230 e. The molecule has 2 heterocycles. The number of hydrogen-bond donors (Lipinski definition) is 1. The van der Waals surface area contributed by atoms with E-state index in [0.717, 1.165) is 55.2 Å². The van der Waals surface area contributed by atoms with E-state index in [1.165, 1.54) is 16.6 Å². The summed E-state index contributed by atoms with van der Waals surface area (Å²) < 4.78 is 2.15. The van der Waals surface area contributed by atoms with Gasteiger partial charge in [-0.15, -0.1) is 21.5 Å². The van der Waals surface area contributed by atoms with E-state index in [4.69, 9.17) is 0 Å². The number of nitrogens with one attached hydrogen (secondary N) is 1. The number of thioether (sulfide) groups is 1. The summed E-state index contributed by atoms with van der Waals surface area (Å²) in [5, 5.41) is 14.7. The molecule has 0 radical (unpaired) electrons. The van der Waals surface area contributed by atoms with E-state index in [0.29, 0.717) is 11.8 Å². The molecular weight excluding hydrogens is 340 g/mol. The molecule has 7 heteroatoms. The van der Waals surface area contributed by atoms with Gasteiger partial charge in [0.25, 0.3) is 0 Å². The molecule has 130 valence electrons. The Morgan fingerprint density at radius 2 is 2.21 bits per heavy atom. The van der Waals surface area contributed by atoms with Crippen LogP contribution in [0.1, 0.15) is 44.4 Å². The van der Waals surface area contributed by atoms with Gasteiger partial charge < -0.3 is 9.88 Å². The van der Waals surface area contributed by atoms with Gasteiger partial charge in [-0.25, -0.2) is 0 Å². The molecule has 1 aliphatic carbocycles. The van der Waals surface area contributed by atoms with Gasteiger partial charge in [0.15, 0.2) is 11.0 Å². The first-order valence-electron chi connectivity index (χ1n) is 8.64. The maximum atomic E-state index is 11.9. The standard InChI is InChI=1S/C17H24N4OS2/c1-3-5-14-9-12(10-23-14)16-19-20-17(21(16)8-4-2)24-11-15(22)18-13-6-7-13/h9-10,13H,3-8,11H2,1-2H3,(H,18,22). The Kier molecular flexibility index (Phi) is 5.94. The minimum absolute atomic E-state index is 0.0934. The van der Waals surface area contributed by atoms with Crippen LogP contribution in [0.3, 0.4) is 0 Å². The summed E-state index contributed by atoms with van der Waals surface area (Å²) in [6.07, 6.45) is 5.50. The summed E-state index contributed by atoms with van der Waals surface area (Å²) in [6.45, 7) is 5.21. The van der Waals surface area contributed by atoms with E-state index in [-0.39, 0.29) is 5.91 Å². The zero-order valence-electron chi connectivity index (χ0n) is 14.2. The van der Waals surface area contributed by atoms with Gasteiger partial charge in [-0.1, -0.05) is 32.0 Å². The first-order chi connectivity index (χ1) is 11.7. The van der Waals surface area contributed by atoms with Crippen molar-refractivity contribution >= 4 is 29.0 Å². The van der Waals surface area contributed by atoms with Gasteiger partial charge in [-0.3, -0.25) is 4.79 Å². The predicted molar refractivity (Wildman–Crippen MR) is 99.5 cm³/mol. The summed E-state index contributed by atoms with van der Waals surface area (Å²) in [5.74, 6) is 1.42. The molecule has 0 saturated heterocycles. The Morgan fingerprint density at radius 1 is 1.38 bits per heavy atom. The summed E-state index contributed by atoms with van der Waals surface area (Å²) in [7, 11) is 0. The molecule has 1 amide bonds. The molecule has 0 aromatic carbocycles. The van der Waals surface area contributed by atoms with Crippen LogP contribution in [0.25, 0.3) is 11.4 Å². The average Bonchev–Trinajstić information content (AvgIpc) is 3.10. The number of carbonyl (C=O) groups is 1. The van der Waals surface area contributed by atoms with Gasteiger partial charge in [-0.2, -0.15) is 0 Å². The number of aromatic nitrogens is 3. The van der Waals surface area contributed by atoms with Crippen molar-refractivity contribution in [1.82, 2.24) is 20.1 Å². The smallest absolute Gasteiger partial charge is 0.230 e. The van der Waals surface area contributed by atoms with Crippen molar-refractivity contribution in [3.05, 3.63) is 16.3 Å². The van der Waals surface area contributed by atoms with Gasteiger partial charge in [0.1, 0.15) is 0 Å². The van der Waals surface area contributed by atoms with Crippen LogP contribution in [0.15, 0.2) is 16.6 Å². The van der Waals surface area contributed by atoms with E-state index in [2.05, 4.69) is 45.4 Å². The molecular formula is C17H24N4OS2. The van der Waals surface area contributed by atoms with Crippen molar-refractivity contribution in [3.63, 3.8) is 0 Å². The number of nitrogens with zero attached hydrogens (tertiary/aromatic N) is 3. The number of carbonyl (C=O) groups excluding carboxylic acids is 1. The molecule has 0 spiro atoms. The lowest BCUT2D eigenvalue weighted by Crippen LogP contribution is -2.27. The second-order valence-corrected chi connectivity index (χ2v) is 8.08. The van der Waals surface area contributed by atoms with Crippen LogP contribution in [0.5, 0.6) is 0 Å². The van der Waals surface area contributed by atoms with Crippen LogP contribution in [0.2, 0.25) is 0 Å². The fourth-order valence-electron chi connectivity index (χ4n) is 2.54. The quantitative estimate of drug-likeness (QED) is 0.689. The fourth-order valence-corrected chi connectivity index (χ4v) is 4.28. The Balaban J connectivity index is 1.71. The van der Waals surface area contributed by atoms with Crippen LogP contribution in [0, 0.1) is 0 Å². The Bertz CT molecular complexity index is 691. The highest BCUT2D eigenvalue weighted by atomic mass is 32.2. The normalized spacial score (nSPS) is 14.1. The Labute approximate surface area is 151 Å². The molecule has 2 aromatic heterocycles. The molecule has 0 unspecified atom stereocenters. The molecule has 1 saturated carbocycles. The summed E-state index contributed by atoms with van der Waals surface area (Å²) >= 11 is 3.26. The van der Waals surface area contributed by atoms with Crippen molar-refractivity contribution < 1.29 is 4.79 Å². The minimum Gasteiger partial charge on any atom is -0.353 e. The van der Waals surface area contributed by atoms with Crippen LogP contribution < -0.4 is 5.32 Å². The molecule has 1 fully saturated rings. The van der Waals surface area contributed by atoms with Crippen LogP contribution in [-0.4, -0.2) is 32.5 Å². The number of aryl methyl sites for hydroxylation is 1. The highest BCUT2D eigenvalue weighted by molar-refractivity contribution is 7.99. The highest BCUT2D eigenvalue weighted by Gasteiger charge is 2.23. The van der Waals surface area contributed by atoms with Crippen molar-refractivity contribution in [2.45, 2.75) is 63.7 Å². The molecule has 0 aliphatic heterocycles. The summed E-state index contributed by atoms with van der Waals surface area (Å²) in [6, 6.07) is 2.63. The number of amides is 1. The molecule has 1 N–H and O–H groups in total. The minimum atomic E-state index is 0.0934. The van der Waals surface area contributed by atoms with E-state index in [1.807, 2.05) is 0 Å². The van der Waals surface area contributed by atoms with Gasteiger partial charge in [0.2, 0.25) is 5.91 Å². The third-order valence-electron chi connectivity index (χ3n) is 3.85. The van der Waals surface area contributed by atoms with Gasteiger partial charge in [0.05, 0.1) is 5.75 Å². The second-order valence-electron chi connectivity index (χ2n) is 6.14. The predicted octanol–water partition coefficient (Wildman–Crippen LogP) is 3.74. The van der Waals surface area contributed by atoms with Gasteiger partial charge >= 0.3 is 0 Å². The van der Waals surface area contributed by atoms with E-state index in [9.17, 15) is 4.79 Å². The third-order valence-corrected chi connectivity index (χ3v) is 5.81. The monoisotopic (exact) mass is 364 g/mol. The highest BCUT2D eigenvalue weighted by Crippen LogP contribution is 2.29. The largest absolute Gasteiger partial charge is 0.353 e. The molecule has 5 nitrogen and oxygen atoms in total. The fraction of sp³-hybridized carbons (Fsp3) is 0.588. The van der Waals surface area contributed by atoms with Gasteiger partial charge in [0, 0.05) is 28.4 Å². The Morgan fingerprint density at radius 3 is 2.92 bits per heavy atom. The number of hydrogen-bond acceptors (Lipinski definition) is 5. The summed E-state index contributed by atoms with van der Waals surface area (Å²) in [4.78, 5) is 13.3. The van der Waals surface area contributed by atoms with Crippen LogP contribution >= 0.6 is 23.1 Å². The maximum absolute atomic E-state index is 11.9. The van der Waals surface area contributed by atoms with Crippen molar-refractivity contribution in [2.75, 3.05) is 5.75 Å². The van der Waals surface area contributed by atoms with Crippen molar-refractivity contribution in [3.8, 4) is 11.4 Å². The number of rotatable bonds is 9. The van der Waals surface area contributed by atoms with E-state index >= 15 is 0 Å². The molecule has 3 rings (SSSR count). The SMILES string of the molecule is CCCc1cc(-c2nnc(SCC(=O)NC3CC3)n2CCC)cs1. The lowest BCUT2D eigenvalue weighted by molar-refractivity contribution is -0.118. The van der Waals surface area contributed by atoms with Gasteiger partial charge in [-0.05, 0) is 31.7 Å². The topological polar surface area (TPSA) is 59.8 Å². The molecule has 0 bridgehead atoms. The van der Waals surface area contributed by atoms with E-state index < -0.39 is 0 Å². The lowest BCUT2D eigenvalue weighted by Gasteiger charge is -2.08. The zero-order valence-corrected chi connectivity index (χ0v) is 15.9. The zero-order chi connectivity index (χ0) is 16.9. The molecule has 0 atom stereocenters. The molecule has 1 aliphatic rings.